The molecule has 0 bridgehead atoms. The summed E-state index contributed by atoms with van der Waals surface area (Å²) in [5.41, 5.74) is 1.78. The average molecular weight is 462 g/mol. The lowest BCUT2D eigenvalue weighted by Crippen LogP contribution is -2.52. The number of benzene rings is 2. The summed E-state index contributed by atoms with van der Waals surface area (Å²) >= 11 is 5.92. The Hall–Kier alpha value is -3.33. The number of amides is 4. The second-order valence-electron chi connectivity index (χ2n) is 7.28. The van der Waals surface area contributed by atoms with Gasteiger partial charge in [0.1, 0.15) is 5.82 Å². The Balaban J connectivity index is 1.30. The number of carbonyl (C=O) groups is 3. The molecule has 2 aromatic carbocycles. The van der Waals surface area contributed by atoms with Gasteiger partial charge in [0.15, 0.2) is 0 Å². The first-order chi connectivity index (χ1) is 15.4. The summed E-state index contributed by atoms with van der Waals surface area (Å²) in [5, 5.41) is 8.19. The summed E-state index contributed by atoms with van der Waals surface area (Å²) in [6.45, 7) is 2.32. The number of carbonyl (C=O) groups excluding carboxylic acids is 3. The number of rotatable bonds is 7. The van der Waals surface area contributed by atoms with E-state index in [2.05, 4.69) is 20.9 Å². The zero-order valence-electron chi connectivity index (χ0n) is 17.4. The molecule has 0 radical (unpaired) electrons. The van der Waals surface area contributed by atoms with Crippen LogP contribution in [0.15, 0.2) is 48.5 Å². The predicted molar refractivity (Wildman–Crippen MR) is 120 cm³/mol. The lowest BCUT2D eigenvalue weighted by Gasteiger charge is -2.36. The van der Waals surface area contributed by atoms with Gasteiger partial charge in [0.05, 0.1) is 13.1 Å². The van der Waals surface area contributed by atoms with Crippen molar-refractivity contribution in [1.29, 1.82) is 0 Å². The van der Waals surface area contributed by atoms with Gasteiger partial charge in [0, 0.05) is 43.4 Å². The lowest BCUT2D eigenvalue weighted by atomic mass is 10.2. The van der Waals surface area contributed by atoms with Crippen LogP contribution in [0.4, 0.5) is 14.9 Å². The van der Waals surface area contributed by atoms with Crippen LogP contribution in [-0.2, 0) is 16.1 Å². The first-order valence-corrected chi connectivity index (χ1v) is 10.6. The molecule has 170 valence electrons. The van der Waals surface area contributed by atoms with E-state index in [1.54, 1.807) is 17.0 Å². The van der Waals surface area contributed by atoms with Gasteiger partial charge >= 0.3 is 6.03 Å². The molecule has 32 heavy (non-hydrogen) atoms. The van der Waals surface area contributed by atoms with Gasteiger partial charge in [0.2, 0.25) is 11.8 Å². The summed E-state index contributed by atoms with van der Waals surface area (Å²) < 4.78 is 12.9. The molecule has 0 saturated carbocycles. The molecule has 0 unspecified atom stereocenters. The number of hydrogen-bond acceptors (Lipinski definition) is 4. The van der Waals surface area contributed by atoms with E-state index in [0.29, 0.717) is 31.2 Å². The van der Waals surface area contributed by atoms with E-state index in [9.17, 15) is 18.8 Å². The molecule has 4 amide bonds. The fraction of sp³-hybridized carbons (Fsp3) is 0.318. The van der Waals surface area contributed by atoms with Crippen LogP contribution in [-0.4, -0.2) is 62.0 Å². The topological polar surface area (TPSA) is 93.8 Å². The predicted octanol–water partition coefficient (Wildman–Crippen LogP) is 1.74. The van der Waals surface area contributed by atoms with Crippen LogP contribution in [0.2, 0.25) is 5.02 Å². The van der Waals surface area contributed by atoms with Gasteiger partial charge in [0.25, 0.3) is 0 Å². The highest BCUT2D eigenvalue weighted by Gasteiger charge is 2.21. The minimum Gasteiger partial charge on any atom is -0.368 e. The minimum absolute atomic E-state index is 0.126. The maximum atomic E-state index is 12.9. The van der Waals surface area contributed by atoms with E-state index in [-0.39, 0.29) is 31.4 Å². The van der Waals surface area contributed by atoms with Crippen LogP contribution in [0.5, 0.6) is 0 Å². The first kappa shape index (κ1) is 23.3. The molecule has 1 aliphatic heterocycles. The minimum atomic E-state index is -0.533. The zero-order valence-corrected chi connectivity index (χ0v) is 18.2. The summed E-state index contributed by atoms with van der Waals surface area (Å²) in [7, 11) is 0. The Morgan fingerprint density at radius 3 is 2.16 bits per heavy atom. The Bertz CT molecular complexity index is 932. The van der Waals surface area contributed by atoms with Gasteiger partial charge in [-0.3, -0.25) is 9.59 Å². The molecule has 2 aromatic rings. The molecule has 0 atom stereocenters. The van der Waals surface area contributed by atoms with E-state index in [1.807, 2.05) is 24.3 Å². The molecule has 8 nitrogen and oxygen atoms in total. The fourth-order valence-electron chi connectivity index (χ4n) is 3.22. The van der Waals surface area contributed by atoms with E-state index in [1.165, 1.54) is 12.1 Å². The van der Waals surface area contributed by atoms with Gasteiger partial charge in [-0.25, -0.2) is 9.18 Å². The van der Waals surface area contributed by atoms with Crippen molar-refractivity contribution in [3.63, 3.8) is 0 Å². The van der Waals surface area contributed by atoms with Crippen molar-refractivity contribution in [2.24, 2.45) is 0 Å². The van der Waals surface area contributed by atoms with E-state index in [0.717, 1.165) is 11.3 Å². The molecular formula is C22H25ClFN5O3. The van der Waals surface area contributed by atoms with Crippen LogP contribution in [0.3, 0.4) is 0 Å². The molecule has 1 saturated heterocycles. The van der Waals surface area contributed by atoms with Gasteiger partial charge in [-0.05, 0) is 42.0 Å². The SMILES string of the molecule is O=C(CNC(=O)NCc1ccc(F)cc1)NCC(=O)N1CCN(c2ccc(Cl)cc2)CC1. The van der Waals surface area contributed by atoms with E-state index in [4.69, 9.17) is 11.6 Å². The monoisotopic (exact) mass is 461 g/mol. The molecule has 1 heterocycles. The van der Waals surface area contributed by atoms with Crippen molar-refractivity contribution >= 4 is 35.1 Å². The Kier molecular flexibility index (Phi) is 8.27. The highest BCUT2D eigenvalue weighted by atomic mass is 35.5. The summed E-state index contributed by atoms with van der Waals surface area (Å²) in [6, 6.07) is 12.8. The molecule has 1 fully saturated rings. The molecule has 3 N–H and O–H groups in total. The number of nitrogens with zero attached hydrogens (tertiary/aromatic N) is 2. The van der Waals surface area contributed by atoms with Crippen molar-refractivity contribution in [3.05, 3.63) is 64.9 Å². The number of anilines is 1. The molecule has 10 heteroatoms. The largest absolute Gasteiger partial charge is 0.368 e. The maximum absolute atomic E-state index is 12.9. The maximum Gasteiger partial charge on any atom is 0.315 e. The van der Waals surface area contributed by atoms with E-state index < -0.39 is 11.9 Å². The lowest BCUT2D eigenvalue weighted by molar-refractivity contribution is -0.132. The van der Waals surface area contributed by atoms with Crippen molar-refractivity contribution < 1.29 is 18.8 Å². The summed E-state index contributed by atoms with van der Waals surface area (Å²) in [4.78, 5) is 39.9. The molecular weight excluding hydrogens is 437 g/mol. The number of hydrogen-bond donors (Lipinski definition) is 3. The first-order valence-electron chi connectivity index (χ1n) is 10.2. The fourth-order valence-corrected chi connectivity index (χ4v) is 3.35. The Morgan fingerprint density at radius 1 is 0.844 bits per heavy atom. The molecule has 3 rings (SSSR count). The van der Waals surface area contributed by atoms with Crippen LogP contribution < -0.4 is 20.9 Å². The second-order valence-corrected chi connectivity index (χ2v) is 7.72. The van der Waals surface area contributed by atoms with Crippen LogP contribution in [0, 0.1) is 5.82 Å². The number of urea groups is 1. The van der Waals surface area contributed by atoms with Crippen LogP contribution in [0.1, 0.15) is 5.56 Å². The van der Waals surface area contributed by atoms with Crippen molar-refractivity contribution in [3.8, 4) is 0 Å². The highest BCUT2D eigenvalue weighted by Crippen LogP contribution is 2.19. The molecule has 0 aliphatic carbocycles. The summed E-state index contributed by atoms with van der Waals surface area (Å²) in [6.07, 6.45) is 0. The number of piperazine rings is 1. The Morgan fingerprint density at radius 2 is 1.50 bits per heavy atom. The smallest absolute Gasteiger partial charge is 0.315 e. The Labute approximate surface area is 190 Å². The zero-order chi connectivity index (χ0) is 22.9. The van der Waals surface area contributed by atoms with Crippen LogP contribution >= 0.6 is 11.6 Å². The molecule has 0 spiro atoms. The number of halogens is 2. The van der Waals surface area contributed by atoms with E-state index >= 15 is 0 Å². The standard InChI is InChI=1S/C22H25ClFN5O3/c23-17-3-7-19(8-4-17)28-9-11-29(12-10-28)21(31)15-25-20(30)14-27-22(32)26-13-16-1-5-18(24)6-2-16/h1-8H,9-15H2,(H,25,30)(H2,26,27,32). The third-order valence-corrected chi connectivity index (χ3v) is 5.29. The third kappa shape index (κ3) is 7.12. The summed E-state index contributed by atoms with van der Waals surface area (Å²) in [5.74, 6) is -0.988. The van der Waals surface area contributed by atoms with Crippen molar-refractivity contribution in [1.82, 2.24) is 20.9 Å². The molecule has 1 aliphatic rings. The quantitative estimate of drug-likeness (QED) is 0.585. The van der Waals surface area contributed by atoms with Gasteiger partial charge in [-0.2, -0.15) is 0 Å². The van der Waals surface area contributed by atoms with Gasteiger partial charge in [-0.15, -0.1) is 0 Å². The van der Waals surface area contributed by atoms with Gasteiger partial charge < -0.3 is 25.8 Å². The van der Waals surface area contributed by atoms with Gasteiger partial charge in [-0.1, -0.05) is 23.7 Å². The molecule has 0 aromatic heterocycles. The van der Waals surface area contributed by atoms with Crippen molar-refractivity contribution in [2.45, 2.75) is 6.54 Å². The van der Waals surface area contributed by atoms with Crippen molar-refractivity contribution in [2.75, 3.05) is 44.2 Å². The number of nitrogens with one attached hydrogen (secondary N) is 3. The third-order valence-electron chi connectivity index (χ3n) is 5.04. The second kappa shape index (κ2) is 11.3. The average Bonchev–Trinajstić information content (AvgIpc) is 2.81. The normalized spacial score (nSPS) is 13.4. The van der Waals surface area contributed by atoms with Crippen LogP contribution in [0.25, 0.3) is 0 Å². The highest BCUT2D eigenvalue weighted by molar-refractivity contribution is 6.30.